The third kappa shape index (κ3) is 6.10. The minimum absolute atomic E-state index is 0. The number of amides is 3. The third-order valence-electron chi connectivity index (χ3n) is 4.25. The van der Waals surface area contributed by atoms with Crippen LogP contribution in [0.5, 0.6) is 0 Å². The number of halogens is 4. The summed E-state index contributed by atoms with van der Waals surface area (Å²) in [6.45, 7) is 2.71. The molecule has 1 saturated heterocycles. The van der Waals surface area contributed by atoms with Gasteiger partial charge in [0.25, 0.3) is 5.91 Å². The second-order valence-electron chi connectivity index (χ2n) is 6.28. The predicted molar refractivity (Wildman–Crippen MR) is 107 cm³/mol. The number of carbonyl (C=O) groups excluding carboxylic acids is 2. The molecule has 0 saturated carbocycles. The highest BCUT2D eigenvalue weighted by Gasteiger charge is 2.30. The molecule has 1 fully saturated rings. The molecule has 2 aromatic carbocycles. The molecule has 10 heteroatoms. The molecule has 0 atom stereocenters. The Morgan fingerprint density at radius 1 is 0.931 bits per heavy atom. The summed E-state index contributed by atoms with van der Waals surface area (Å²) in [6, 6.07) is 10.3. The molecule has 6 nitrogen and oxygen atoms in total. The van der Waals surface area contributed by atoms with Gasteiger partial charge in [-0.2, -0.15) is 13.2 Å². The summed E-state index contributed by atoms with van der Waals surface area (Å²) in [7, 11) is 0. The number of nitrogens with one attached hydrogen (secondary N) is 3. The number of carbonyl (C=O) groups is 2. The number of alkyl halides is 3. The molecule has 3 N–H and O–H groups in total. The zero-order valence-corrected chi connectivity index (χ0v) is 16.1. The van der Waals surface area contributed by atoms with Crippen molar-refractivity contribution in [3.05, 3.63) is 59.7 Å². The summed E-state index contributed by atoms with van der Waals surface area (Å²) in [6.07, 6.45) is -4.48. The Balaban J connectivity index is 0.00000300. The Hall–Kier alpha value is -2.78. The maximum atomic E-state index is 12.8. The van der Waals surface area contributed by atoms with Crippen LogP contribution in [0.4, 0.5) is 29.3 Å². The van der Waals surface area contributed by atoms with Crippen molar-refractivity contribution < 1.29 is 22.8 Å². The van der Waals surface area contributed by atoms with Crippen molar-refractivity contribution in [1.82, 2.24) is 10.2 Å². The topological polar surface area (TPSA) is 73.5 Å². The van der Waals surface area contributed by atoms with Gasteiger partial charge in [0, 0.05) is 43.1 Å². The molecule has 1 aliphatic heterocycles. The fourth-order valence-corrected chi connectivity index (χ4v) is 2.75. The van der Waals surface area contributed by atoms with Crippen LogP contribution in [0.1, 0.15) is 15.9 Å². The number of benzene rings is 2. The van der Waals surface area contributed by atoms with Gasteiger partial charge in [0.15, 0.2) is 0 Å². The minimum atomic E-state index is -4.48. The van der Waals surface area contributed by atoms with Crippen LogP contribution in [-0.2, 0) is 6.18 Å². The van der Waals surface area contributed by atoms with Gasteiger partial charge in [0.05, 0.1) is 5.56 Å². The van der Waals surface area contributed by atoms with E-state index in [9.17, 15) is 22.8 Å². The summed E-state index contributed by atoms with van der Waals surface area (Å²) in [5, 5.41) is 8.35. The van der Waals surface area contributed by atoms with E-state index in [1.807, 2.05) is 0 Å². The lowest BCUT2D eigenvalue weighted by atomic mass is 10.1. The van der Waals surface area contributed by atoms with Crippen LogP contribution in [0.2, 0.25) is 0 Å². The Morgan fingerprint density at radius 3 is 2.21 bits per heavy atom. The molecule has 3 amide bonds. The van der Waals surface area contributed by atoms with E-state index < -0.39 is 17.6 Å². The van der Waals surface area contributed by atoms with Gasteiger partial charge < -0.3 is 20.9 Å². The highest BCUT2D eigenvalue weighted by Crippen LogP contribution is 2.30. The van der Waals surface area contributed by atoms with Crippen LogP contribution >= 0.6 is 12.4 Å². The molecule has 1 aliphatic rings. The number of urea groups is 1. The lowest BCUT2D eigenvalue weighted by Crippen LogP contribution is -2.48. The normalized spacial score (nSPS) is 14.0. The van der Waals surface area contributed by atoms with Gasteiger partial charge in [0.1, 0.15) is 0 Å². The fourth-order valence-electron chi connectivity index (χ4n) is 2.75. The molecule has 0 spiro atoms. The van der Waals surface area contributed by atoms with Gasteiger partial charge in [-0.05, 0) is 42.5 Å². The second-order valence-corrected chi connectivity index (χ2v) is 6.28. The first-order valence-corrected chi connectivity index (χ1v) is 8.68. The summed E-state index contributed by atoms with van der Waals surface area (Å²) >= 11 is 0. The molecular formula is C19H20ClF3N4O2. The molecule has 0 aliphatic carbocycles. The minimum Gasteiger partial charge on any atom is -0.322 e. The lowest BCUT2D eigenvalue weighted by molar-refractivity contribution is -0.137. The summed E-state index contributed by atoms with van der Waals surface area (Å²) in [5.41, 5.74) is 0.00363. The molecule has 1 heterocycles. The number of anilines is 2. The van der Waals surface area contributed by atoms with Gasteiger partial charge >= 0.3 is 12.2 Å². The van der Waals surface area contributed by atoms with E-state index in [1.54, 1.807) is 17.0 Å². The number of rotatable bonds is 3. The molecule has 0 unspecified atom stereocenters. The fraction of sp³-hybridized carbons (Fsp3) is 0.263. The highest BCUT2D eigenvalue weighted by molar-refractivity contribution is 6.04. The second kappa shape index (κ2) is 9.62. The zero-order chi connectivity index (χ0) is 20.1. The first kappa shape index (κ1) is 22.5. The molecule has 2 aromatic rings. The molecule has 0 aromatic heterocycles. The molecular weight excluding hydrogens is 409 g/mol. The van der Waals surface area contributed by atoms with E-state index in [-0.39, 0.29) is 29.7 Å². The average molecular weight is 429 g/mol. The van der Waals surface area contributed by atoms with E-state index in [0.717, 1.165) is 25.2 Å². The van der Waals surface area contributed by atoms with Crippen LogP contribution in [0.15, 0.2) is 48.5 Å². The summed E-state index contributed by atoms with van der Waals surface area (Å²) < 4.78 is 38.3. The molecule has 3 rings (SSSR count). The van der Waals surface area contributed by atoms with Crippen LogP contribution in [0, 0.1) is 0 Å². The van der Waals surface area contributed by atoms with Crippen molar-refractivity contribution in [1.29, 1.82) is 0 Å². The van der Waals surface area contributed by atoms with E-state index in [4.69, 9.17) is 0 Å². The van der Waals surface area contributed by atoms with E-state index in [1.165, 1.54) is 24.3 Å². The largest absolute Gasteiger partial charge is 0.416 e. The maximum Gasteiger partial charge on any atom is 0.416 e. The lowest BCUT2D eigenvalue weighted by Gasteiger charge is -2.27. The zero-order valence-electron chi connectivity index (χ0n) is 15.3. The molecule has 156 valence electrons. The molecule has 0 bridgehead atoms. The van der Waals surface area contributed by atoms with E-state index in [2.05, 4.69) is 16.0 Å². The van der Waals surface area contributed by atoms with Gasteiger partial charge in [0.2, 0.25) is 0 Å². The smallest absolute Gasteiger partial charge is 0.322 e. The van der Waals surface area contributed by atoms with Crippen molar-refractivity contribution in [3.8, 4) is 0 Å². The quantitative estimate of drug-likeness (QED) is 0.696. The monoisotopic (exact) mass is 428 g/mol. The predicted octanol–water partition coefficient (Wildman–Crippen LogP) is 3.82. The van der Waals surface area contributed by atoms with Gasteiger partial charge in [-0.1, -0.05) is 6.07 Å². The van der Waals surface area contributed by atoms with Crippen LogP contribution < -0.4 is 16.0 Å². The number of hydrogen-bond acceptors (Lipinski definition) is 3. The first-order chi connectivity index (χ1) is 13.3. The van der Waals surface area contributed by atoms with Gasteiger partial charge in [-0.25, -0.2) is 4.79 Å². The van der Waals surface area contributed by atoms with Crippen molar-refractivity contribution in [2.45, 2.75) is 6.18 Å². The van der Waals surface area contributed by atoms with Crippen molar-refractivity contribution in [2.75, 3.05) is 36.8 Å². The highest BCUT2D eigenvalue weighted by atomic mass is 35.5. The van der Waals surface area contributed by atoms with Crippen molar-refractivity contribution >= 4 is 35.7 Å². The van der Waals surface area contributed by atoms with Crippen LogP contribution in [-0.4, -0.2) is 43.0 Å². The van der Waals surface area contributed by atoms with Crippen molar-refractivity contribution in [3.63, 3.8) is 0 Å². The van der Waals surface area contributed by atoms with E-state index >= 15 is 0 Å². The Kier molecular flexibility index (Phi) is 7.46. The third-order valence-corrected chi connectivity index (χ3v) is 4.25. The number of piperazine rings is 1. The van der Waals surface area contributed by atoms with E-state index in [0.29, 0.717) is 18.8 Å². The Bertz CT molecular complexity index is 853. The summed E-state index contributed by atoms with van der Waals surface area (Å²) in [4.78, 5) is 26.1. The van der Waals surface area contributed by atoms with Crippen LogP contribution in [0.3, 0.4) is 0 Å². The Morgan fingerprint density at radius 2 is 1.59 bits per heavy atom. The maximum absolute atomic E-state index is 12.8. The number of nitrogens with zero attached hydrogens (tertiary/aromatic N) is 1. The van der Waals surface area contributed by atoms with Gasteiger partial charge in [-0.3, -0.25) is 4.79 Å². The molecule has 0 radical (unpaired) electrons. The first-order valence-electron chi connectivity index (χ1n) is 8.68. The van der Waals surface area contributed by atoms with Gasteiger partial charge in [-0.15, -0.1) is 12.4 Å². The average Bonchev–Trinajstić information content (AvgIpc) is 2.69. The van der Waals surface area contributed by atoms with Crippen LogP contribution in [0.25, 0.3) is 0 Å². The summed E-state index contributed by atoms with van der Waals surface area (Å²) in [5.74, 6) is -0.542. The SMILES string of the molecule is Cl.O=C(Nc1cccc(C(F)(F)F)c1)c1ccc(NC(=O)N2CCNCC2)cc1. The Labute approximate surface area is 171 Å². The standard InChI is InChI=1S/C19H19F3N4O2.ClH/c20-19(21,22)14-2-1-3-16(12-14)24-17(27)13-4-6-15(7-5-13)25-18(28)26-10-8-23-9-11-26;/h1-7,12,23H,8-11H2,(H,24,27)(H,25,28);1H. The van der Waals surface area contributed by atoms with Crippen molar-refractivity contribution in [2.24, 2.45) is 0 Å². The molecule has 29 heavy (non-hydrogen) atoms. The number of hydrogen-bond donors (Lipinski definition) is 3.